The van der Waals surface area contributed by atoms with E-state index in [0.29, 0.717) is 16.9 Å². The Morgan fingerprint density at radius 1 is 0.933 bits per heavy atom. The van der Waals surface area contributed by atoms with Gasteiger partial charge in [-0.15, -0.1) is 11.3 Å². The molecule has 15 heteroatoms. The third-order valence-electron chi connectivity index (χ3n) is 6.14. The Hall–Kier alpha value is -4.56. The van der Waals surface area contributed by atoms with E-state index in [1.807, 2.05) is 13.8 Å². The van der Waals surface area contributed by atoms with Crippen LogP contribution in [0.4, 0.5) is 22.0 Å². The Labute approximate surface area is 262 Å². The van der Waals surface area contributed by atoms with Crippen molar-refractivity contribution in [3.8, 4) is 22.1 Å². The average molecular weight is 668 g/mol. The second kappa shape index (κ2) is 14.0. The fraction of sp³-hybridized carbons (Fsp3) is 0.200. The molecule has 0 aliphatic rings. The molecule has 1 atom stereocenters. The zero-order chi connectivity index (χ0) is 33.0. The van der Waals surface area contributed by atoms with E-state index in [9.17, 15) is 36.3 Å². The minimum Gasteiger partial charge on any atom is -0.489 e. The Bertz CT molecular complexity index is 1740. The molecule has 0 saturated carbocycles. The molecule has 0 bridgehead atoms. The Balaban J connectivity index is 1.45. The summed E-state index contributed by atoms with van der Waals surface area (Å²) in [5.41, 5.74) is 0.930. The number of amides is 2. The number of nitrogens with zero attached hydrogens (tertiary/aromatic N) is 1. The van der Waals surface area contributed by atoms with Gasteiger partial charge >= 0.3 is 5.97 Å². The number of thiazole rings is 1. The number of hydrogen-bond acceptors (Lipinski definition) is 7. The summed E-state index contributed by atoms with van der Waals surface area (Å²) >= 11 is 7.19. The maximum absolute atomic E-state index is 13.9. The van der Waals surface area contributed by atoms with Gasteiger partial charge in [0.25, 0.3) is 5.91 Å². The zero-order valence-corrected chi connectivity index (χ0v) is 25.2. The molecule has 1 unspecified atom stereocenters. The van der Waals surface area contributed by atoms with Gasteiger partial charge in [0.1, 0.15) is 16.8 Å². The molecule has 0 aliphatic carbocycles. The third kappa shape index (κ3) is 7.57. The van der Waals surface area contributed by atoms with Crippen molar-refractivity contribution in [3.63, 3.8) is 0 Å². The summed E-state index contributed by atoms with van der Waals surface area (Å²) in [5.74, 6) is -15.3. The number of hydrogen-bond donors (Lipinski definition) is 2. The Morgan fingerprint density at radius 3 is 2.13 bits per heavy atom. The standard InChI is InChI=1S/C30H23ClF5N3O5S/c1-13(2)43-20-9-8-16(11-17(20)31)27(40)38-18(28(41)37-3)10-14-4-6-15(7-5-14)29-39-19(12-45-29)30(42)44-26-24(35)22(33)21(32)23(34)25(26)36/h4-9,11-13,18H,10H2,1-3H3,(H,37,41)(H,38,40). The van der Waals surface area contributed by atoms with Crippen molar-refractivity contribution < 1.29 is 45.8 Å². The number of likely N-dealkylation sites (N-methyl/N-ethyl adjacent to an activating group) is 1. The second-order valence-electron chi connectivity index (χ2n) is 9.68. The molecule has 236 valence electrons. The van der Waals surface area contributed by atoms with E-state index >= 15 is 0 Å². The van der Waals surface area contributed by atoms with Gasteiger partial charge < -0.3 is 20.1 Å². The minimum absolute atomic E-state index is 0.103. The molecule has 2 amide bonds. The van der Waals surface area contributed by atoms with Crippen LogP contribution in [0.1, 0.15) is 40.3 Å². The fourth-order valence-corrected chi connectivity index (χ4v) is 4.98. The molecule has 1 aromatic heterocycles. The van der Waals surface area contributed by atoms with E-state index in [4.69, 9.17) is 16.3 Å². The van der Waals surface area contributed by atoms with Crippen LogP contribution in [0.2, 0.25) is 5.02 Å². The number of rotatable bonds is 10. The molecule has 1 heterocycles. The molecule has 0 radical (unpaired) electrons. The summed E-state index contributed by atoms with van der Waals surface area (Å²) in [4.78, 5) is 41.9. The van der Waals surface area contributed by atoms with Gasteiger partial charge in [-0.05, 0) is 37.6 Å². The predicted molar refractivity (Wildman–Crippen MR) is 155 cm³/mol. The maximum atomic E-state index is 13.9. The number of halogens is 6. The first-order chi connectivity index (χ1) is 21.3. The summed E-state index contributed by atoms with van der Waals surface area (Å²) < 4.78 is 78.0. The highest BCUT2D eigenvalue weighted by atomic mass is 35.5. The lowest BCUT2D eigenvalue weighted by Gasteiger charge is -2.18. The summed E-state index contributed by atoms with van der Waals surface area (Å²) in [5, 5.41) is 6.88. The van der Waals surface area contributed by atoms with Crippen LogP contribution in [0, 0.1) is 29.1 Å². The van der Waals surface area contributed by atoms with Gasteiger partial charge in [0.2, 0.25) is 40.7 Å². The van der Waals surface area contributed by atoms with Crippen LogP contribution in [-0.2, 0) is 11.2 Å². The van der Waals surface area contributed by atoms with E-state index < -0.39 is 64.4 Å². The van der Waals surface area contributed by atoms with Gasteiger partial charge in [-0.2, -0.15) is 8.78 Å². The Kier molecular flexibility index (Phi) is 10.4. The van der Waals surface area contributed by atoms with Gasteiger partial charge in [-0.25, -0.2) is 22.9 Å². The second-order valence-corrected chi connectivity index (χ2v) is 10.9. The number of aromatic nitrogens is 1. The van der Waals surface area contributed by atoms with Crippen LogP contribution >= 0.6 is 22.9 Å². The summed E-state index contributed by atoms with van der Waals surface area (Å²) in [6.07, 6.45) is -0.0185. The summed E-state index contributed by atoms with van der Waals surface area (Å²) in [6.45, 7) is 3.67. The number of carbonyl (C=O) groups excluding carboxylic acids is 3. The lowest BCUT2D eigenvalue weighted by Crippen LogP contribution is -2.47. The smallest absolute Gasteiger partial charge is 0.363 e. The van der Waals surface area contributed by atoms with Crippen molar-refractivity contribution in [2.24, 2.45) is 0 Å². The van der Waals surface area contributed by atoms with E-state index in [1.165, 1.54) is 24.6 Å². The van der Waals surface area contributed by atoms with E-state index in [0.717, 1.165) is 11.3 Å². The predicted octanol–water partition coefficient (Wildman–Crippen LogP) is 6.25. The highest BCUT2D eigenvalue weighted by Crippen LogP contribution is 2.31. The number of carbonyl (C=O) groups is 3. The van der Waals surface area contributed by atoms with Crippen molar-refractivity contribution >= 4 is 40.7 Å². The number of ether oxygens (including phenoxy) is 2. The summed E-state index contributed by atoms with van der Waals surface area (Å²) in [7, 11) is 1.43. The van der Waals surface area contributed by atoms with Gasteiger partial charge in [-0.1, -0.05) is 35.9 Å². The van der Waals surface area contributed by atoms with Crippen LogP contribution in [0.3, 0.4) is 0 Å². The molecule has 4 aromatic rings. The van der Waals surface area contributed by atoms with Crippen molar-refractivity contribution in [1.29, 1.82) is 0 Å². The van der Waals surface area contributed by atoms with E-state index in [1.54, 1.807) is 30.3 Å². The van der Waals surface area contributed by atoms with Crippen LogP contribution in [0.25, 0.3) is 10.6 Å². The molecule has 8 nitrogen and oxygen atoms in total. The van der Waals surface area contributed by atoms with E-state index in [2.05, 4.69) is 20.4 Å². The van der Waals surface area contributed by atoms with Crippen LogP contribution in [0.5, 0.6) is 11.5 Å². The average Bonchev–Trinajstić information content (AvgIpc) is 3.52. The molecule has 0 fully saturated rings. The van der Waals surface area contributed by atoms with Crippen LogP contribution in [-0.4, -0.2) is 42.0 Å². The van der Waals surface area contributed by atoms with Crippen molar-refractivity contribution in [2.75, 3.05) is 7.05 Å². The van der Waals surface area contributed by atoms with Crippen molar-refractivity contribution in [3.05, 3.63) is 98.8 Å². The highest BCUT2D eigenvalue weighted by molar-refractivity contribution is 7.13. The number of benzene rings is 3. The first kappa shape index (κ1) is 33.3. The molecule has 0 saturated heterocycles. The Morgan fingerprint density at radius 2 is 1.56 bits per heavy atom. The van der Waals surface area contributed by atoms with E-state index in [-0.39, 0.29) is 28.1 Å². The lowest BCUT2D eigenvalue weighted by molar-refractivity contribution is -0.122. The lowest BCUT2D eigenvalue weighted by atomic mass is 10.0. The number of esters is 1. The van der Waals surface area contributed by atoms with Gasteiger partial charge in [0.15, 0.2) is 5.69 Å². The maximum Gasteiger partial charge on any atom is 0.363 e. The number of nitrogens with one attached hydrogen (secondary N) is 2. The van der Waals surface area contributed by atoms with Gasteiger partial charge in [0, 0.05) is 30.0 Å². The van der Waals surface area contributed by atoms with Gasteiger partial charge in [-0.3, -0.25) is 9.59 Å². The SMILES string of the molecule is CNC(=O)C(Cc1ccc(-c2nc(C(=O)Oc3c(F)c(F)c(F)c(F)c3F)cs2)cc1)NC(=O)c1ccc(OC(C)C)c(Cl)c1. The van der Waals surface area contributed by atoms with Crippen LogP contribution in [0.15, 0.2) is 47.8 Å². The normalized spacial score (nSPS) is 11.7. The summed E-state index contributed by atoms with van der Waals surface area (Å²) in [6, 6.07) is 10.1. The highest BCUT2D eigenvalue weighted by Gasteiger charge is 2.29. The molecule has 45 heavy (non-hydrogen) atoms. The van der Waals surface area contributed by atoms with Crippen molar-refractivity contribution in [2.45, 2.75) is 32.4 Å². The molecule has 0 aliphatic heterocycles. The largest absolute Gasteiger partial charge is 0.489 e. The molecule has 0 spiro atoms. The van der Waals surface area contributed by atoms with Crippen molar-refractivity contribution in [1.82, 2.24) is 15.6 Å². The fourth-order valence-electron chi connectivity index (χ4n) is 3.96. The molecular formula is C30H23ClF5N3O5S. The third-order valence-corrected chi connectivity index (χ3v) is 7.33. The topological polar surface area (TPSA) is 107 Å². The monoisotopic (exact) mass is 667 g/mol. The van der Waals surface area contributed by atoms with Crippen LogP contribution < -0.4 is 20.1 Å². The zero-order valence-electron chi connectivity index (χ0n) is 23.6. The molecular weight excluding hydrogens is 645 g/mol. The quantitative estimate of drug-likeness (QED) is 0.0681. The minimum atomic E-state index is -2.39. The first-order valence-corrected chi connectivity index (χ1v) is 14.3. The van der Waals surface area contributed by atoms with Gasteiger partial charge in [0.05, 0.1) is 11.1 Å². The molecule has 4 rings (SSSR count). The molecule has 3 aromatic carbocycles. The first-order valence-electron chi connectivity index (χ1n) is 13.1. The molecule has 2 N–H and O–H groups in total.